The molecule has 0 unspecified atom stereocenters. The molecule has 0 atom stereocenters. The lowest BCUT2D eigenvalue weighted by molar-refractivity contribution is 0.523. The molecule has 0 radical (unpaired) electrons. The predicted octanol–water partition coefficient (Wildman–Crippen LogP) is 3.03. The zero-order chi connectivity index (χ0) is 12.5. The van der Waals surface area contributed by atoms with E-state index >= 15 is 0 Å². The molecule has 1 aromatic carbocycles. The molecule has 2 N–H and O–H groups in total. The molecule has 2 rings (SSSR count). The van der Waals surface area contributed by atoms with Gasteiger partial charge in [-0.2, -0.15) is 0 Å². The molecule has 90 valence electrons. The molecule has 0 saturated carbocycles. The molecule has 0 fully saturated rings. The van der Waals surface area contributed by atoms with E-state index in [0.29, 0.717) is 6.54 Å². The summed E-state index contributed by atoms with van der Waals surface area (Å²) in [6, 6.07) is 10.6. The highest BCUT2D eigenvalue weighted by molar-refractivity contribution is 5.82. The van der Waals surface area contributed by atoms with Gasteiger partial charge in [-0.05, 0) is 18.1 Å². The number of fused-ring (bicyclic) bond motifs is 1. The second-order valence-electron chi connectivity index (χ2n) is 5.13. The third kappa shape index (κ3) is 2.18. The van der Waals surface area contributed by atoms with Gasteiger partial charge < -0.3 is 5.73 Å². The molecule has 0 saturated heterocycles. The fraction of sp³-hybridized carbons (Fsp3) is 0.400. The predicted molar refractivity (Wildman–Crippen MR) is 73.2 cm³/mol. The smallest absolute Gasteiger partial charge is 0.0737 e. The van der Waals surface area contributed by atoms with E-state index in [1.54, 1.807) is 0 Å². The molecule has 0 bridgehead atoms. The van der Waals surface area contributed by atoms with E-state index in [1.807, 2.05) is 0 Å². The van der Waals surface area contributed by atoms with E-state index in [9.17, 15) is 0 Å². The van der Waals surface area contributed by atoms with Crippen LogP contribution in [0.5, 0.6) is 0 Å². The number of nitrogens with two attached hydrogens (primary N) is 1. The van der Waals surface area contributed by atoms with Crippen LogP contribution in [0.4, 0.5) is 0 Å². The van der Waals surface area contributed by atoms with Crippen molar-refractivity contribution in [3.05, 3.63) is 41.6 Å². The molecule has 0 amide bonds. The zero-order valence-electron chi connectivity index (χ0n) is 10.8. The molecule has 0 aliphatic heterocycles. The Balaban J connectivity index is 2.64. The fourth-order valence-electron chi connectivity index (χ4n) is 1.98. The van der Waals surface area contributed by atoms with Crippen LogP contribution in [-0.4, -0.2) is 11.5 Å². The van der Waals surface area contributed by atoms with Gasteiger partial charge in [0.15, 0.2) is 0 Å². The average molecular weight is 228 g/mol. The van der Waals surface area contributed by atoms with Gasteiger partial charge in [-0.1, -0.05) is 45.0 Å². The van der Waals surface area contributed by atoms with Crippen LogP contribution in [0.1, 0.15) is 32.0 Å². The van der Waals surface area contributed by atoms with E-state index in [0.717, 1.165) is 17.6 Å². The summed E-state index contributed by atoms with van der Waals surface area (Å²) in [5.74, 6) is 0. The molecular weight excluding hydrogens is 208 g/mol. The van der Waals surface area contributed by atoms with Gasteiger partial charge in [0.25, 0.3) is 0 Å². The van der Waals surface area contributed by atoms with Gasteiger partial charge in [-0.25, -0.2) is 0 Å². The standard InChI is InChI=1S/C15H20N2/c1-4-11-6-5-7-12-8-9-13(17-14(11)12)15(2,3)10-16/h5-9H,4,10,16H2,1-3H3. The summed E-state index contributed by atoms with van der Waals surface area (Å²) in [6.45, 7) is 7.04. The Morgan fingerprint density at radius 1 is 1.18 bits per heavy atom. The van der Waals surface area contributed by atoms with Crippen molar-refractivity contribution in [2.24, 2.45) is 5.73 Å². The largest absolute Gasteiger partial charge is 0.330 e. The number of aryl methyl sites for hydroxylation is 1. The highest BCUT2D eigenvalue weighted by Crippen LogP contribution is 2.24. The van der Waals surface area contributed by atoms with Crippen molar-refractivity contribution >= 4 is 10.9 Å². The molecule has 1 heterocycles. The first kappa shape index (κ1) is 12.1. The molecular formula is C15H20N2. The molecule has 2 nitrogen and oxygen atoms in total. The van der Waals surface area contributed by atoms with E-state index in [-0.39, 0.29) is 5.41 Å². The van der Waals surface area contributed by atoms with Crippen LogP contribution < -0.4 is 5.73 Å². The summed E-state index contributed by atoms with van der Waals surface area (Å²) in [5, 5.41) is 1.21. The van der Waals surface area contributed by atoms with Crippen LogP contribution in [0.15, 0.2) is 30.3 Å². The molecule has 17 heavy (non-hydrogen) atoms. The minimum Gasteiger partial charge on any atom is -0.330 e. The van der Waals surface area contributed by atoms with E-state index < -0.39 is 0 Å². The summed E-state index contributed by atoms with van der Waals surface area (Å²) in [6.07, 6.45) is 1.01. The van der Waals surface area contributed by atoms with E-state index in [2.05, 4.69) is 51.1 Å². The molecule has 0 aliphatic rings. The normalized spacial score (nSPS) is 12.0. The fourth-order valence-corrected chi connectivity index (χ4v) is 1.98. The van der Waals surface area contributed by atoms with Crippen molar-refractivity contribution in [1.29, 1.82) is 0 Å². The van der Waals surface area contributed by atoms with Crippen LogP contribution in [0.3, 0.4) is 0 Å². The number of hydrogen-bond donors (Lipinski definition) is 1. The van der Waals surface area contributed by atoms with E-state index in [1.165, 1.54) is 10.9 Å². The highest BCUT2D eigenvalue weighted by atomic mass is 14.7. The van der Waals surface area contributed by atoms with Crippen LogP contribution in [0.2, 0.25) is 0 Å². The quantitative estimate of drug-likeness (QED) is 0.877. The average Bonchev–Trinajstić information content (AvgIpc) is 2.37. The minimum absolute atomic E-state index is 0.0605. The molecule has 0 spiro atoms. The summed E-state index contributed by atoms with van der Waals surface area (Å²) in [4.78, 5) is 4.81. The van der Waals surface area contributed by atoms with Crippen molar-refractivity contribution < 1.29 is 0 Å². The number of benzene rings is 1. The number of para-hydroxylation sites is 1. The lowest BCUT2D eigenvalue weighted by Gasteiger charge is -2.22. The number of hydrogen-bond acceptors (Lipinski definition) is 2. The number of aromatic nitrogens is 1. The maximum absolute atomic E-state index is 5.81. The van der Waals surface area contributed by atoms with Crippen LogP contribution in [0, 0.1) is 0 Å². The topological polar surface area (TPSA) is 38.9 Å². The number of nitrogens with zero attached hydrogens (tertiary/aromatic N) is 1. The Morgan fingerprint density at radius 2 is 1.94 bits per heavy atom. The minimum atomic E-state index is -0.0605. The highest BCUT2D eigenvalue weighted by Gasteiger charge is 2.20. The van der Waals surface area contributed by atoms with Crippen molar-refractivity contribution in [3.8, 4) is 0 Å². The van der Waals surface area contributed by atoms with Crippen molar-refractivity contribution in [3.63, 3.8) is 0 Å². The molecule has 1 aromatic heterocycles. The first-order chi connectivity index (χ1) is 8.08. The Kier molecular flexibility index (Phi) is 3.16. The summed E-state index contributed by atoms with van der Waals surface area (Å²) in [5.41, 5.74) is 9.25. The van der Waals surface area contributed by atoms with E-state index in [4.69, 9.17) is 10.7 Å². The third-order valence-corrected chi connectivity index (χ3v) is 3.39. The SMILES string of the molecule is CCc1cccc2ccc(C(C)(C)CN)nc12. The van der Waals surface area contributed by atoms with Crippen molar-refractivity contribution in [1.82, 2.24) is 4.98 Å². The summed E-state index contributed by atoms with van der Waals surface area (Å²) < 4.78 is 0. The Morgan fingerprint density at radius 3 is 2.59 bits per heavy atom. The van der Waals surface area contributed by atoms with Crippen molar-refractivity contribution in [2.75, 3.05) is 6.54 Å². The van der Waals surface area contributed by atoms with Gasteiger partial charge in [0.1, 0.15) is 0 Å². The van der Waals surface area contributed by atoms with Crippen molar-refractivity contribution in [2.45, 2.75) is 32.6 Å². The second-order valence-corrected chi connectivity index (χ2v) is 5.13. The molecule has 2 aromatic rings. The zero-order valence-corrected chi connectivity index (χ0v) is 10.8. The lowest BCUT2D eigenvalue weighted by atomic mass is 9.88. The Labute approximate surface area is 103 Å². The summed E-state index contributed by atoms with van der Waals surface area (Å²) >= 11 is 0. The Hall–Kier alpha value is -1.41. The maximum Gasteiger partial charge on any atom is 0.0737 e. The van der Waals surface area contributed by atoms with Gasteiger partial charge in [-0.3, -0.25) is 4.98 Å². The maximum atomic E-state index is 5.81. The first-order valence-corrected chi connectivity index (χ1v) is 6.17. The lowest BCUT2D eigenvalue weighted by Crippen LogP contribution is -2.29. The monoisotopic (exact) mass is 228 g/mol. The first-order valence-electron chi connectivity index (χ1n) is 6.17. The van der Waals surface area contributed by atoms with Gasteiger partial charge >= 0.3 is 0 Å². The second kappa shape index (κ2) is 4.46. The molecule has 0 aliphatic carbocycles. The third-order valence-electron chi connectivity index (χ3n) is 3.39. The van der Waals surface area contributed by atoms with Gasteiger partial charge in [0.2, 0.25) is 0 Å². The van der Waals surface area contributed by atoms with Gasteiger partial charge in [0, 0.05) is 23.0 Å². The van der Waals surface area contributed by atoms with Crippen LogP contribution in [-0.2, 0) is 11.8 Å². The Bertz CT molecular complexity index is 529. The van der Waals surface area contributed by atoms with Gasteiger partial charge in [0.05, 0.1) is 5.52 Å². The number of rotatable bonds is 3. The molecule has 2 heteroatoms. The van der Waals surface area contributed by atoms with Crippen LogP contribution in [0.25, 0.3) is 10.9 Å². The van der Waals surface area contributed by atoms with Gasteiger partial charge in [-0.15, -0.1) is 0 Å². The number of pyridine rings is 1. The van der Waals surface area contributed by atoms with Crippen LogP contribution >= 0.6 is 0 Å². The summed E-state index contributed by atoms with van der Waals surface area (Å²) in [7, 11) is 0.